The molecule has 0 saturated heterocycles. The fourth-order valence-corrected chi connectivity index (χ4v) is 0.705. The third kappa shape index (κ3) is 3.95. The van der Waals surface area contributed by atoms with Gasteiger partial charge in [0.15, 0.2) is 0 Å². The minimum atomic E-state index is -1.07. The van der Waals surface area contributed by atoms with E-state index >= 15 is 0 Å². The first-order valence-electron chi connectivity index (χ1n) is 3.60. The zero-order chi connectivity index (χ0) is 9.07. The molecule has 2 unspecified atom stereocenters. The molecule has 0 rings (SSSR count). The van der Waals surface area contributed by atoms with Gasteiger partial charge in [-0.2, -0.15) is 0 Å². The highest BCUT2D eigenvalue weighted by molar-refractivity contribution is 5.73. The molecule has 0 saturated carbocycles. The Labute approximate surface area is 66.0 Å². The van der Waals surface area contributed by atoms with E-state index in [9.17, 15) is 9.90 Å². The van der Waals surface area contributed by atoms with Crippen LogP contribution in [0.2, 0.25) is 0 Å². The average molecular weight is 161 g/mol. The highest BCUT2D eigenvalue weighted by atomic mass is 16.4. The number of rotatable bonds is 4. The van der Waals surface area contributed by atoms with Crippen molar-refractivity contribution >= 4 is 5.97 Å². The van der Waals surface area contributed by atoms with Crippen molar-refractivity contribution in [3.8, 4) is 0 Å². The first-order valence-corrected chi connectivity index (χ1v) is 3.60. The minimum Gasteiger partial charge on any atom is -0.480 e. The van der Waals surface area contributed by atoms with E-state index in [-0.39, 0.29) is 6.42 Å². The second kappa shape index (κ2) is 3.69. The summed E-state index contributed by atoms with van der Waals surface area (Å²) in [5.41, 5.74) is 4.26. The van der Waals surface area contributed by atoms with Crippen LogP contribution in [0.25, 0.3) is 0 Å². The van der Waals surface area contributed by atoms with E-state index in [2.05, 4.69) is 0 Å². The molecule has 4 nitrogen and oxygen atoms in total. The van der Waals surface area contributed by atoms with Gasteiger partial charge in [-0.15, -0.1) is 0 Å². The standard InChI is InChI=1S/C7H15NO3/c1-3-7(2,11)4-5(8)6(9)10/h5,11H,3-4,8H2,1-2H3,(H,9,10). The molecule has 2 atom stereocenters. The summed E-state index contributed by atoms with van der Waals surface area (Å²) < 4.78 is 0. The minimum absolute atomic E-state index is 0.0961. The summed E-state index contributed by atoms with van der Waals surface area (Å²) in [4.78, 5) is 10.3. The fourth-order valence-electron chi connectivity index (χ4n) is 0.705. The van der Waals surface area contributed by atoms with Gasteiger partial charge in [0.2, 0.25) is 0 Å². The molecule has 0 aliphatic heterocycles. The Bertz CT molecular complexity index is 145. The second-order valence-electron chi connectivity index (χ2n) is 3.00. The molecule has 0 aromatic rings. The molecular formula is C7H15NO3. The zero-order valence-electron chi connectivity index (χ0n) is 6.87. The summed E-state index contributed by atoms with van der Waals surface area (Å²) in [6.07, 6.45) is 0.604. The van der Waals surface area contributed by atoms with Crippen LogP contribution >= 0.6 is 0 Å². The molecule has 0 aromatic carbocycles. The first kappa shape index (κ1) is 10.4. The summed E-state index contributed by atoms with van der Waals surface area (Å²) in [6, 6.07) is -0.968. The van der Waals surface area contributed by atoms with Crippen LogP contribution in [0.5, 0.6) is 0 Å². The van der Waals surface area contributed by atoms with Crippen LogP contribution in [0.15, 0.2) is 0 Å². The number of nitrogens with two attached hydrogens (primary N) is 1. The van der Waals surface area contributed by atoms with Crippen LogP contribution in [-0.2, 0) is 4.79 Å². The SMILES string of the molecule is CCC(C)(O)CC(N)C(=O)O. The third-order valence-electron chi connectivity index (χ3n) is 1.74. The molecule has 4 heteroatoms. The van der Waals surface area contributed by atoms with Crippen molar-refractivity contribution in [2.75, 3.05) is 0 Å². The zero-order valence-corrected chi connectivity index (χ0v) is 6.87. The molecule has 0 spiro atoms. The molecule has 66 valence electrons. The maximum Gasteiger partial charge on any atom is 0.320 e. The largest absolute Gasteiger partial charge is 0.480 e. The molecule has 0 radical (unpaired) electrons. The predicted molar refractivity (Wildman–Crippen MR) is 41.1 cm³/mol. The Kier molecular flexibility index (Phi) is 3.48. The number of aliphatic carboxylic acids is 1. The maximum absolute atomic E-state index is 10.3. The Morgan fingerprint density at radius 2 is 2.18 bits per heavy atom. The lowest BCUT2D eigenvalue weighted by molar-refractivity contribution is -0.140. The van der Waals surface area contributed by atoms with E-state index in [0.29, 0.717) is 6.42 Å². The third-order valence-corrected chi connectivity index (χ3v) is 1.74. The van der Waals surface area contributed by atoms with Crippen LogP contribution in [0.4, 0.5) is 0 Å². The summed E-state index contributed by atoms with van der Waals surface area (Å²) in [6.45, 7) is 3.37. The molecule has 0 heterocycles. The fraction of sp³-hybridized carbons (Fsp3) is 0.857. The Hall–Kier alpha value is -0.610. The van der Waals surface area contributed by atoms with Gasteiger partial charge in [-0.1, -0.05) is 6.92 Å². The number of carboxylic acids is 1. The number of carboxylic acid groups (broad SMARTS) is 1. The number of hydrogen-bond acceptors (Lipinski definition) is 3. The van der Waals surface area contributed by atoms with Gasteiger partial charge in [-0.3, -0.25) is 4.79 Å². The van der Waals surface area contributed by atoms with Crippen LogP contribution in [-0.4, -0.2) is 27.8 Å². The van der Waals surface area contributed by atoms with Gasteiger partial charge in [0.05, 0.1) is 5.60 Å². The molecule has 0 bridgehead atoms. The van der Waals surface area contributed by atoms with Gasteiger partial charge < -0.3 is 15.9 Å². The normalized spacial score (nSPS) is 18.9. The van der Waals surface area contributed by atoms with Gasteiger partial charge in [-0.05, 0) is 13.3 Å². The highest BCUT2D eigenvalue weighted by Crippen LogP contribution is 2.14. The van der Waals surface area contributed by atoms with Gasteiger partial charge >= 0.3 is 5.97 Å². The van der Waals surface area contributed by atoms with Crippen molar-refractivity contribution in [2.24, 2.45) is 5.73 Å². The van der Waals surface area contributed by atoms with Crippen molar-refractivity contribution in [1.82, 2.24) is 0 Å². The Morgan fingerprint density at radius 3 is 2.45 bits per heavy atom. The van der Waals surface area contributed by atoms with E-state index in [4.69, 9.17) is 10.8 Å². The number of carbonyl (C=O) groups is 1. The van der Waals surface area contributed by atoms with Crippen molar-refractivity contribution in [3.05, 3.63) is 0 Å². The molecule has 0 aromatic heterocycles. The lowest BCUT2D eigenvalue weighted by Gasteiger charge is -2.22. The van der Waals surface area contributed by atoms with Crippen LogP contribution in [0, 0.1) is 0 Å². The van der Waals surface area contributed by atoms with Crippen molar-refractivity contribution in [1.29, 1.82) is 0 Å². The Morgan fingerprint density at radius 1 is 1.73 bits per heavy atom. The smallest absolute Gasteiger partial charge is 0.320 e. The van der Waals surface area contributed by atoms with Crippen LogP contribution < -0.4 is 5.73 Å². The van der Waals surface area contributed by atoms with Gasteiger partial charge in [0, 0.05) is 6.42 Å². The summed E-state index contributed by atoms with van der Waals surface area (Å²) in [5, 5.41) is 17.8. The van der Waals surface area contributed by atoms with Crippen molar-refractivity contribution < 1.29 is 15.0 Å². The van der Waals surface area contributed by atoms with E-state index in [0.717, 1.165) is 0 Å². The van der Waals surface area contributed by atoms with Crippen molar-refractivity contribution in [2.45, 2.75) is 38.3 Å². The van der Waals surface area contributed by atoms with Crippen LogP contribution in [0.3, 0.4) is 0 Å². The quantitative estimate of drug-likeness (QED) is 0.539. The van der Waals surface area contributed by atoms with Gasteiger partial charge in [0.25, 0.3) is 0 Å². The molecule has 4 N–H and O–H groups in total. The summed E-state index contributed by atoms with van der Waals surface area (Å²) in [5.74, 6) is -1.07. The topological polar surface area (TPSA) is 83.5 Å². The lowest BCUT2D eigenvalue weighted by Crippen LogP contribution is -2.39. The first-order chi connectivity index (χ1) is 4.89. The molecule has 0 fully saturated rings. The van der Waals surface area contributed by atoms with Crippen molar-refractivity contribution in [3.63, 3.8) is 0 Å². The molecule has 0 aliphatic carbocycles. The van der Waals surface area contributed by atoms with Crippen LogP contribution in [0.1, 0.15) is 26.7 Å². The summed E-state index contributed by atoms with van der Waals surface area (Å²) in [7, 11) is 0. The maximum atomic E-state index is 10.3. The molecular weight excluding hydrogens is 146 g/mol. The average Bonchev–Trinajstić information content (AvgIpc) is 1.87. The highest BCUT2D eigenvalue weighted by Gasteiger charge is 2.24. The second-order valence-corrected chi connectivity index (χ2v) is 3.00. The molecule has 0 amide bonds. The molecule has 0 aliphatic rings. The monoisotopic (exact) mass is 161 g/mol. The van der Waals surface area contributed by atoms with Gasteiger partial charge in [-0.25, -0.2) is 0 Å². The van der Waals surface area contributed by atoms with E-state index in [1.54, 1.807) is 13.8 Å². The van der Waals surface area contributed by atoms with E-state index in [1.165, 1.54) is 0 Å². The van der Waals surface area contributed by atoms with Gasteiger partial charge in [0.1, 0.15) is 6.04 Å². The lowest BCUT2D eigenvalue weighted by atomic mass is 9.95. The predicted octanol–water partition coefficient (Wildman–Crippen LogP) is -0.0506. The van der Waals surface area contributed by atoms with E-state index < -0.39 is 17.6 Å². The molecule has 11 heavy (non-hydrogen) atoms. The summed E-state index contributed by atoms with van der Waals surface area (Å²) >= 11 is 0. The van der Waals surface area contributed by atoms with E-state index in [1.807, 2.05) is 0 Å². The Balaban J connectivity index is 3.93. The number of hydrogen-bond donors (Lipinski definition) is 3. The number of aliphatic hydroxyl groups is 1.